The van der Waals surface area contributed by atoms with Crippen LogP contribution in [-0.2, 0) is 0 Å². The average Bonchev–Trinajstić information content (AvgIpc) is 2.33. The molecule has 0 unspecified atom stereocenters. The number of pyridine rings is 1. The number of nitrogens with one attached hydrogen (secondary N) is 2. The summed E-state index contributed by atoms with van der Waals surface area (Å²) in [5, 5.41) is 5.37. The minimum Gasteiger partial charge on any atom is -0.308 e. The van der Waals surface area contributed by atoms with E-state index in [1.54, 1.807) is 18.3 Å². The molecule has 0 aliphatic rings. The Labute approximate surface area is 99.7 Å². The summed E-state index contributed by atoms with van der Waals surface area (Å²) in [6.07, 6.45) is 1.63. The molecule has 2 rings (SSSR count). The maximum absolute atomic E-state index is 11.6. The fourth-order valence-corrected chi connectivity index (χ4v) is 1.35. The van der Waals surface area contributed by atoms with Gasteiger partial charge in [0.2, 0.25) is 0 Å². The quantitative estimate of drug-likeness (QED) is 0.828. The number of aryl methyl sites for hydroxylation is 1. The van der Waals surface area contributed by atoms with Crippen molar-refractivity contribution in [3.05, 3.63) is 54.2 Å². The van der Waals surface area contributed by atoms with E-state index in [4.69, 9.17) is 0 Å². The van der Waals surface area contributed by atoms with Gasteiger partial charge in [0.05, 0.1) is 0 Å². The molecule has 2 aromatic rings. The van der Waals surface area contributed by atoms with Crippen molar-refractivity contribution < 1.29 is 4.79 Å². The maximum Gasteiger partial charge on any atom is 0.324 e. The first-order valence-corrected chi connectivity index (χ1v) is 5.30. The number of carbonyl (C=O) groups excluding carboxylic acids is 1. The molecule has 0 fully saturated rings. The van der Waals surface area contributed by atoms with E-state index in [-0.39, 0.29) is 6.03 Å². The van der Waals surface area contributed by atoms with E-state index in [1.165, 1.54) is 0 Å². The van der Waals surface area contributed by atoms with Gasteiger partial charge in [-0.05, 0) is 31.2 Å². The van der Waals surface area contributed by atoms with Crippen molar-refractivity contribution in [2.45, 2.75) is 6.92 Å². The van der Waals surface area contributed by atoms with Crippen molar-refractivity contribution >= 4 is 17.5 Å². The molecule has 1 heterocycles. The summed E-state index contributed by atoms with van der Waals surface area (Å²) < 4.78 is 0. The Hall–Kier alpha value is -2.36. The summed E-state index contributed by atoms with van der Waals surface area (Å²) in [5.74, 6) is 0.525. The first-order valence-electron chi connectivity index (χ1n) is 5.30. The van der Waals surface area contributed by atoms with Gasteiger partial charge in [0, 0.05) is 11.9 Å². The zero-order chi connectivity index (χ0) is 12.1. The number of amides is 2. The molecule has 4 nitrogen and oxygen atoms in total. The molecule has 2 N–H and O–H groups in total. The second-order valence-electron chi connectivity index (χ2n) is 3.66. The monoisotopic (exact) mass is 227 g/mol. The van der Waals surface area contributed by atoms with Crippen molar-refractivity contribution in [2.75, 3.05) is 10.6 Å². The molecule has 0 aliphatic heterocycles. The third kappa shape index (κ3) is 3.31. The Morgan fingerprint density at radius 1 is 1.06 bits per heavy atom. The third-order valence-electron chi connectivity index (χ3n) is 2.22. The minimum absolute atomic E-state index is 0.299. The highest BCUT2D eigenvalue weighted by molar-refractivity contribution is 5.99. The predicted octanol–water partition coefficient (Wildman–Crippen LogP) is 3.03. The summed E-state index contributed by atoms with van der Waals surface area (Å²) >= 11 is 0. The van der Waals surface area contributed by atoms with Crippen LogP contribution in [-0.4, -0.2) is 11.0 Å². The minimum atomic E-state index is -0.299. The molecule has 0 atom stereocenters. The van der Waals surface area contributed by atoms with Gasteiger partial charge in [-0.3, -0.25) is 5.32 Å². The van der Waals surface area contributed by atoms with E-state index in [0.717, 1.165) is 11.3 Å². The number of aromatic nitrogens is 1. The van der Waals surface area contributed by atoms with E-state index >= 15 is 0 Å². The van der Waals surface area contributed by atoms with E-state index < -0.39 is 0 Å². The summed E-state index contributed by atoms with van der Waals surface area (Å²) in [7, 11) is 0. The Bertz CT molecular complexity index is 494. The van der Waals surface area contributed by atoms with E-state index in [9.17, 15) is 4.79 Å². The summed E-state index contributed by atoms with van der Waals surface area (Å²) in [5.41, 5.74) is 1.91. The molecule has 86 valence electrons. The molecular weight excluding hydrogens is 214 g/mol. The Balaban J connectivity index is 1.96. The van der Waals surface area contributed by atoms with Crippen LogP contribution in [0.1, 0.15) is 5.56 Å². The predicted molar refractivity (Wildman–Crippen MR) is 68.1 cm³/mol. The molecule has 17 heavy (non-hydrogen) atoms. The van der Waals surface area contributed by atoms with Crippen molar-refractivity contribution in [1.29, 1.82) is 0 Å². The van der Waals surface area contributed by atoms with Gasteiger partial charge in [0.1, 0.15) is 5.82 Å². The lowest BCUT2D eigenvalue weighted by Crippen LogP contribution is -2.19. The third-order valence-corrected chi connectivity index (χ3v) is 2.22. The normalized spacial score (nSPS) is 9.71. The van der Waals surface area contributed by atoms with Crippen molar-refractivity contribution in [2.24, 2.45) is 0 Å². The van der Waals surface area contributed by atoms with Crippen molar-refractivity contribution in [3.8, 4) is 0 Å². The first-order chi connectivity index (χ1) is 8.24. The second kappa shape index (κ2) is 5.12. The van der Waals surface area contributed by atoms with Crippen molar-refractivity contribution in [1.82, 2.24) is 4.98 Å². The highest BCUT2D eigenvalue weighted by Crippen LogP contribution is 2.09. The highest BCUT2D eigenvalue weighted by atomic mass is 16.2. The number of rotatable bonds is 2. The van der Waals surface area contributed by atoms with Gasteiger partial charge in [-0.15, -0.1) is 0 Å². The van der Waals surface area contributed by atoms with E-state index in [1.807, 2.05) is 37.3 Å². The van der Waals surface area contributed by atoms with Gasteiger partial charge in [-0.1, -0.05) is 23.8 Å². The molecule has 0 saturated carbocycles. The Kier molecular flexibility index (Phi) is 3.35. The molecule has 0 aliphatic carbocycles. The molecule has 1 aromatic heterocycles. The fourth-order valence-electron chi connectivity index (χ4n) is 1.35. The smallest absolute Gasteiger partial charge is 0.308 e. The fraction of sp³-hybridized carbons (Fsp3) is 0.0769. The van der Waals surface area contributed by atoms with E-state index in [2.05, 4.69) is 15.6 Å². The van der Waals surface area contributed by atoms with Crippen LogP contribution in [0, 0.1) is 6.92 Å². The number of nitrogens with zero attached hydrogens (tertiary/aromatic N) is 1. The first kappa shape index (κ1) is 11.1. The number of benzene rings is 1. The lowest BCUT2D eigenvalue weighted by Gasteiger charge is -2.06. The number of anilines is 2. The zero-order valence-corrected chi connectivity index (χ0v) is 9.47. The Morgan fingerprint density at radius 3 is 2.47 bits per heavy atom. The van der Waals surface area contributed by atoms with Crippen LogP contribution in [0.5, 0.6) is 0 Å². The number of hydrogen-bond donors (Lipinski definition) is 2. The van der Waals surface area contributed by atoms with Crippen LogP contribution in [0.4, 0.5) is 16.3 Å². The van der Waals surface area contributed by atoms with Crippen LogP contribution < -0.4 is 10.6 Å². The lowest BCUT2D eigenvalue weighted by atomic mass is 10.2. The second-order valence-corrected chi connectivity index (χ2v) is 3.66. The molecule has 1 aromatic carbocycles. The largest absolute Gasteiger partial charge is 0.324 e. The zero-order valence-electron chi connectivity index (χ0n) is 9.47. The van der Waals surface area contributed by atoms with Gasteiger partial charge in [0.25, 0.3) is 0 Å². The number of carbonyl (C=O) groups is 1. The topological polar surface area (TPSA) is 54.0 Å². The van der Waals surface area contributed by atoms with Crippen LogP contribution in [0.3, 0.4) is 0 Å². The summed E-state index contributed by atoms with van der Waals surface area (Å²) in [6.45, 7) is 2.00. The van der Waals surface area contributed by atoms with Crippen molar-refractivity contribution in [3.63, 3.8) is 0 Å². The SMILES string of the molecule is Cc1ccc(NC(=O)Nc2ccccn2)cc1. The number of urea groups is 1. The number of hydrogen-bond acceptors (Lipinski definition) is 2. The summed E-state index contributed by atoms with van der Waals surface area (Å²) in [6, 6.07) is 12.6. The molecule has 0 spiro atoms. The molecule has 0 bridgehead atoms. The molecule has 2 amide bonds. The Morgan fingerprint density at radius 2 is 1.82 bits per heavy atom. The standard InChI is InChI=1S/C13H13N3O/c1-10-5-7-11(8-6-10)15-13(17)16-12-4-2-3-9-14-12/h2-9H,1H3,(H2,14,15,16,17). The van der Waals surface area contributed by atoms with Gasteiger partial charge < -0.3 is 5.32 Å². The average molecular weight is 227 g/mol. The molecule has 4 heteroatoms. The van der Waals surface area contributed by atoms with Gasteiger partial charge in [-0.2, -0.15) is 0 Å². The maximum atomic E-state index is 11.6. The van der Waals surface area contributed by atoms with E-state index in [0.29, 0.717) is 5.82 Å². The lowest BCUT2D eigenvalue weighted by molar-refractivity contribution is 0.262. The van der Waals surface area contributed by atoms with Crippen LogP contribution in [0.2, 0.25) is 0 Å². The molecular formula is C13H13N3O. The van der Waals surface area contributed by atoms with Gasteiger partial charge in [-0.25, -0.2) is 9.78 Å². The highest BCUT2D eigenvalue weighted by Gasteiger charge is 2.02. The van der Waals surface area contributed by atoms with Crippen LogP contribution >= 0.6 is 0 Å². The van der Waals surface area contributed by atoms with Crippen LogP contribution in [0.25, 0.3) is 0 Å². The summed E-state index contributed by atoms with van der Waals surface area (Å²) in [4.78, 5) is 15.6. The van der Waals surface area contributed by atoms with Gasteiger partial charge in [0.15, 0.2) is 0 Å². The van der Waals surface area contributed by atoms with Crippen LogP contribution in [0.15, 0.2) is 48.7 Å². The molecule has 0 saturated heterocycles. The van der Waals surface area contributed by atoms with Gasteiger partial charge >= 0.3 is 6.03 Å². The molecule has 0 radical (unpaired) electrons.